The second kappa shape index (κ2) is 3.10. The standard InChI is InChI=1S/C7H4ClFN4/c8-7-10-3-4(9)6(12-7)5-1-2-11-13-5/h1-3H,(H,11,13). The van der Waals surface area contributed by atoms with Crippen LogP contribution in [0.4, 0.5) is 4.39 Å². The zero-order chi connectivity index (χ0) is 9.26. The van der Waals surface area contributed by atoms with Gasteiger partial charge in [-0.25, -0.2) is 14.4 Å². The first kappa shape index (κ1) is 8.12. The van der Waals surface area contributed by atoms with E-state index >= 15 is 0 Å². The van der Waals surface area contributed by atoms with Crippen LogP contribution in [0.1, 0.15) is 0 Å². The lowest BCUT2D eigenvalue weighted by Crippen LogP contribution is -1.92. The van der Waals surface area contributed by atoms with Gasteiger partial charge in [0.05, 0.1) is 6.20 Å². The number of halogens is 2. The van der Waals surface area contributed by atoms with Crippen molar-refractivity contribution >= 4 is 11.6 Å². The number of H-pyrrole nitrogens is 1. The Morgan fingerprint density at radius 1 is 1.46 bits per heavy atom. The molecule has 0 aliphatic carbocycles. The van der Waals surface area contributed by atoms with E-state index in [-0.39, 0.29) is 11.0 Å². The number of aromatic nitrogens is 4. The summed E-state index contributed by atoms with van der Waals surface area (Å²) < 4.78 is 13.1. The average Bonchev–Trinajstić information content (AvgIpc) is 2.61. The van der Waals surface area contributed by atoms with Gasteiger partial charge < -0.3 is 0 Å². The Bertz CT molecular complexity index is 414. The molecule has 0 fully saturated rings. The van der Waals surface area contributed by atoms with E-state index in [9.17, 15) is 4.39 Å². The summed E-state index contributed by atoms with van der Waals surface area (Å²) in [5, 5.41) is 6.33. The van der Waals surface area contributed by atoms with Gasteiger partial charge in [-0.2, -0.15) is 5.10 Å². The highest BCUT2D eigenvalue weighted by Crippen LogP contribution is 2.17. The first-order valence-electron chi connectivity index (χ1n) is 3.45. The van der Waals surface area contributed by atoms with Crippen molar-refractivity contribution in [1.29, 1.82) is 0 Å². The minimum atomic E-state index is -0.545. The van der Waals surface area contributed by atoms with Crippen LogP contribution in [0.5, 0.6) is 0 Å². The van der Waals surface area contributed by atoms with Crippen LogP contribution in [0.2, 0.25) is 5.28 Å². The molecule has 0 saturated carbocycles. The van der Waals surface area contributed by atoms with Crippen LogP contribution < -0.4 is 0 Å². The summed E-state index contributed by atoms with van der Waals surface area (Å²) in [4.78, 5) is 7.20. The van der Waals surface area contributed by atoms with Gasteiger partial charge in [-0.3, -0.25) is 5.10 Å². The molecule has 6 heteroatoms. The fourth-order valence-corrected chi connectivity index (χ4v) is 1.05. The SMILES string of the molecule is Fc1cnc(Cl)nc1-c1cc[nH]n1. The van der Waals surface area contributed by atoms with E-state index in [1.807, 2.05) is 0 Å². The largest absolute Gasteiger partial charge is 0.285 e. The van der Waals surface area contributed by atoms with Crippen LogP contribution in [-0.4, -0.2) is 20.2 Å². The third-order valence-electron chi connectivity index (χ3n) is 1.46. The summed E-state index contributed by atoms with van der Waals surface area (Å²) in [6.07, 6.45) is 2.59. The summed E-state index contributed by atoms with van der Waals surface area (Å²) >= 11 is 5.51. The van der Waals surface area contributed by atoms with Crippen LogP contribution in [0.25, 0.3) is 11.4 Å². The molecular weight excluding hydrogens is 195 g/mol. The summed E-state index contributed by atoms with van der Waals surface area (Å²) in [5.41, 5.74) is 0.503. The third-order valence-corrected chi connectivity index (χ3v) is 1.64. The van der Waals surface area contributed by atoms with Crippen molar-refractivity contribution < 1.29 is 4.39 Å². The molecule has 0 saturated heterocycles. The minimum absolute atomic E-state index is 0.000556. The molecule has 0 aliphatic rings. The Morgan fingerprint density at radius 3 is 3.00 bits per heavy atom. The van der Waals surface area contributed by atoms with E-state index < -0.39 is 5.82 Å². The highest BCUT2D eigenvalue weighted by atomic mass is 35.5. The Kier molecular flexibility index (Phi) is 1.94. The molecule has 13 heavy (non-hydrogen) atoms. The van der Waals surface area contributed by atoms with Crippen molar-refractivity contribution in [1.82, 2.24) is 20.2 Å². The number of nitrogens with zero attached hydrogens (tertiary/aromatic N) is 3. The van der Waals surface area contributed by atoms with Crippen LogP contribution >= 0.6 is 11.6 Å². The number of hydrogen-bond acceptors (Lipinski definition) is 3. The summed E-state index contributed by atoms with van der Waals surface area (Å²) in [7, 11) is 0. The van der Waals surface area contributed by atoms with E-state index in [4.69, 9.17) is 11.6 Å². The minimum Gasteiger partial charge on any atom is -0.285 e. The highest BCUT2D eigenvalue weighted by Gasteiger charge is 2.09. The molecule has 2 aromatic rings. The molecule has 0 atom stereocenters. The molecule has 4 nitrogen and oxygen atoms in total. The third kappa shape index (κ3) is 1.50. The van der Waals surface area contributed by atoms with Gasteiger partial charge in [0.25, 0.3) is 0 Å². The number of nitrogens with one attached hydrogen (secondary N) is 1. The number of aromatic amines is 1. The van der Waals surface area contributed by atoms with E-state index in [1.54, 1.807) is 12.3 Å². The van der Waals surface area contributed by atoms with Gasteiger partial charge in [0.1, 0.15) is 11.4 Å². The molecule has 0 spiro atoms. The lowest BCUT2D eigenvalue weighted by Gasteiger charge is -1.96. The van der Waals surface area contributed by atoms with Crippen molar-refractivity contribution in [3.63, 3.8) is 0 Å². The number of rotatable bonds is 1. The lowest BCUT2D eigenvalue weighted by molar-refractivity contribution is 0.617. The maximum absolute atomic E-state index is 13.1. The quantitative estimate of drug-likeness (QED) is 0.709. The molecule has 1 N–H and O–H groups in total. The molecule has 0 radical (unpaired) electrons. The molecule has 2 rings (SSSR count). The van der Waals surface area contributed by atoms with E-state index in [0.29, 0.717) is 5.69 Å². The fourth-order valence-electron chi connectivity index (χ4n) is 0.917. The smallest absolute Gasteiger partial charge is 0.223 e. The molecule has 66 valence electrons. The molecule has 0 amide bonds. The van der Waals surface area contributed by atoms with Crippen molar-refractivity contribution in [3.8, 4) is 11.4 Å². The second-order valence-electron chi connectivity index (χ2n) is 2.30. The van der Waals surface area contributed by atoms with Crippen LogP contribution in [0.3, 0.4) is 0 Å². The van der Waals surface area contributed by atoms with Crippen molar-refractivity contribution in [3.05, 3.63) is 29.6 Å². The summed E-state index contributed by atoms with van der Waals surface area (Å²) in [6, 6.07) is 1.60. The fraction of sp³-hybridized carbons (Fsp3) is 0. The van der Waals surface area contributed by atoms with Crippen molar-refractivity contribution in [2.75, 3.05) is 0 Å². The average molecular weight is 199 g/mol. The molecule has 0 aliphatic heterocycles. The van der Waals surface area contributed by atoms with Crippen molar-refractivity contribution in [2.24, 2.45) is 0 Å². The summed E-state index contributed by atoms with van der Waals surface area (Å²) in [5.74, 6) is -0.545. The Labute approximate surface area is 77.8 Å². The van der Waals surface area contributed by atoms with E-state index in [0.717, 1.165) is 6.20 Å². The van der Waals surface area contributed by atoms with Gasteiger partial charge in [-0.15, -0.1) is 0 Å². The van der Waals surface area contributed by atoms with Crippen LogP contribution in [0, 0.1) is 5.82 Å². The Hall–Kier alpha value is -1.49. The normalized spacial score (nSPS) is 10.3. The zero-order valence-electron chi connectivity index (χ0n) is 6.33. The monoisotopic (exact) mass is 198 g/mol. The molecule has 0 unspecified atom stereocenters. The second-order valence-corrected chi connectivity index (χ2v) is 2.63. The van der Waals surface area contributed by atoms with E-state index in [2.05, 4.69) is 20.2 Å². The van der Waals surface area contributed by atoms with Gasteiger partial charge in [0, 0.05) is 6.20 Å². The molecule has 0 bridgehead atoms. The molecule has 0 aromatic carbocycles. The van der Waals surface area contributed by atoms with Gasteiger partial charge in [-0.05, 0) is 17.7 Å². The van der Waals surface area contributed by atoms with Crippen LogP contribution in [-0.2, 0) is 0 Å². The van der Waals surface area contributed by atoms with Gasteiger partial charge in [0.15, 0.2) is 5.82 Å². The molecule has 2 aromatic heterocycles. The zero-order valence-corrected chi connectivity index (χ0v) is 7.09. The maximum Gasteiger partial charge on any atom is 0.223 e. The maximum atomic E-state index is 13.1. The Balaban J connectivity index is 2.57. The first-order chi connectivity index (χ1) is 6.27. The predicted octanol–water partition coefficient (Wildman–Crippen LogP) is 1.66. The predicted molar refractivity (Wildman–Crippen MR) is 44.6 cm³/mol. The molecular formula is C7H4ClFN4. The molecule has 2 heterocycles. The van der Waals surface area contributed by atoms with Crippen LogP contribution in [0.15, 0.2) is 18.5 Å². The van der Waals surface area contributed by atoms with Gasteiger partial charge in [-0.1, -0.05) is 0 Å². The lowest BCUT2D eigenvalue weighted by atomic mass is 10.3. The highest BCUT2D eigenvalue weighted by molar-refractivity contribution is 6.28. The van der Waals surface area contributed by atoms with Gasteiger partial charge >= 0.3 is 0 Å². The first-order valence-corrected chi connectivity index (χ1v) is 3.83. The Morgan fingerprint density at radius 2 is 2.31 bits per heavy atom. The van der Waals surface area contributed by atoms with E-state index in [1.165, 1.54) is 0 Å². The summed E-state index contributed by atoms with van der Waals surface area (Å²) in [6.45, 7) is 0. The van der Waals surface area contributed by atoms with Gasteiger partial charge in [0.2, 0.25) is 5.28 Å². The topological polar surface area (TPSA) is 54.5 Å². The van der Waals surface area contributed by atoms with Crippen molar-refractivity contribution in [2.45, 2.75) is 0 Å². The number of hydrogen-bond donors (Lipinski definition) is 1.